The number of rotatable bonds is 2. The maximum absolute atomic E-state index is 12.9. The van der Waals surface area contributed by atoms with E-state index in [4.69, 9.17) is 0 Å². The minimum Gasteiger partial charge on any atom is -0.338 e. The van der Waals surface area contributed by atoms with Gasteiger partial charge in [-0.05, 0) is 51.0 Å². The highest BCUT2D eigenvalue weighted by Gasteiger charge is 2.35. The maximum Gasteiger partial charge on any atom is 0.262 e. The highest BCUT2D eigenvalue weighted by molar-refractivity contribution is 7.18. The van der Waals surface area contributed by atoms with Crippen molar-refractivity contribution in [3.05, 3.63) is 27.1 Å². The molecule has 1 amide bonds. The summed E-state index contributed by atoms with van der Waals surface area (Å²) < 4.78 is 1.50. The first-order chi connectivity index (χ1) is 12.1. The van der Waals surface area contributed by atoms with Gasteiger partial charge in [0.1, 0.15) is 11.4 Å². The quantitative estimate of drug-likeness (QED) is 0.827. The summed E-state index contributed by atoms with van der Waals surface area (Å²) >= 11 is 1.54. The molecule has 134 valence electrons. The van der Waals surface area contributed by atoms with E-state index in [1.807, 2.05) is 13.8 Å². The van der Waals surface area contributed by atoms with Crippen LogP contribution >= 0.6 is 11.3 Å². The monoisotopic (exact) mass is 359 g/mol. The molecule has 1 saturated heterocycles. The van der Waals surface area contributed by atoms with E-state index in [9.17, 15) is 9.59 Å². The number of fused-ring (bicyclic) bond motifs is 2. The van der Waals surface area contributed by atoms with Gasteiger partial charge in [0.2, 0.25) is 5.91 Å². The lowest BCUT2D eigenvalue weighted by Gasteiger charge is -2.44. The molecule has 1 aliphatic heterocycles. The van der Waals surface area contributed by atoms with E-state index in [0.717, 1.165) is 34.7 Å². The van der Waals surface area contributed by atoms with Gasteiger partial charge in [-0.15, -0.1) is 11.3 Å². The van der Waals surface area contributed by atoms with Crippen LogP contribution in [0.5, 0.6) is 0 Å². The van der Waals surface area contributed by atoms with Gasteiger partial charge in [0.25, 0.3) is 5.56 Å². The number of likely N-dealkylation sites (tertiary alicyclic amines) is 1. The van der Waals surface area contributed by atoms with E-state index in [-0.39, 0.29) is 18.0 Å². The summed E-state index contributed by atoms with van der Waals surface area (Å²) in [6.07, 6.45) is 8.74. The Hall–Kier alpha value is -1.69. The predicted molar refractivity (Wildman–Crippen MR) is 100 cm³/mol. The fourth-order valence-electron chi connectivity index (χ4n) is 4.55. The van der Waals surface area contributed by atoms with Gasteiger partial charge in [-0.1, -0.05) is 12.8 Å². The Kier molecular flexibility index (Phi) is 4.40. The van der Waals surface area contributed by atoms with E-state index in [0.29, 0.717) is 17.3 Å². The Bertz CT molecular complexity index is 867. The van der Waals surface area contributed by atoms with E-state index in [1.54, 1.807) is 17.7 Å². The van der Waals surface area contributed by atoms with Crippen molar-refractivity contribution < 1.29 is 4.79 Å². The Balaban J connectivity index is 1.60. The SMILES string of the molecule is Cc1sc2ncn(CC(=O)N3CCC[C@@H]4CCCC[C@H]43)c(=O)c2c1C. The molecule has 2 aromatic heterocycles. The highest BCUT2D eigenvalue weighted by Crippen LogP contribution is 2.35. The molecule has 2 atom stereocenters. The van der Waals surface area contributed by atoms with Crippen LogP contribution in [0.4, 0.5) is 0 Å². The third-order valence-electron chi connectivity index (χ3n) is 6.02. The van der Waals surface area contributed by atoms with Crippen LogP contribution < -0.4 is 5.56 Å². The molecule has 0 spiro atoms. The van der Waals surface area contributed by atoms with Crippen LogP contribution in [0.1, 0.15) is 49.0 Å². The second-order valence-electron chi connectivity index (χ2n) is 7.48. The average Bonchev–Trinajstić information content (AvgIpc) is 2.92. The molecule has 0 N–H and O–H groups in total. The molecule has 2 aromatic rings. The number of amides is 1. The molecule has 2 aliphatic rings. The largest absolute Gasteiger partial charge is 0.338 e. The van der Waals surface area contributed by atoms with E-state index in [1.165, 1.54) is 30.3 Å². The van der Waals surface area contributed by atoms with Crippen molar-refractivity contribution in [3.8, 4) is 0 Å². The van der Waals surface area contributed by atoms with Crippen LogP contribution in [0.2, 0.25) is 0 Å². The first-order valence-corrected chi connectivity index (χ1v) is 10.1. The van der Waals surface area contributed by atoms with Crippen molar-refractivity contribution in [1.29, 1.82) is 0 Å². The third kappa shape index (κ3) is 2.90. The summed E-state index contributed by atoms with van der Waals surface area (Å²) in [7, 11) is 0. The lowest BCUT2D eigenvalue weighted by Crippen LogP contribution is -2.51. The lowest BCUT2D eigenvalue weighted by molar-refractivity contribution is -0.138. The zero-order valence-electron chi connectivity index (χ0n) is 15.0. The number of thiophene rings is 1. The standard InChI is InChI=1S/C19H25N3O2S/c1-12-13(2)25-18-17(12)19(24)21(11-20-18)10-16(23)22-9-5-7-14-6-3-4-8-15(14)22/h11,14-15H,3-10H2,1-2H3/t14-,15+/m0/s1. The third-order valence-corrected chi connectivity index (χ3v) is 7.14. The van der Waals surface area contributed by atoms with Crippen LogP contribution in [0, 0.1) is 19.8 Å². The van der Waals surface area contributed by atoms with Gasteiger partial charge in [-0.25, -0.2) is 4.98 Å². The van der Waals surface area contributed by atoms with Crippen LogP contribution in [-0.2, 0) is 11.3 Å². The molecule has 0 unspecified atom stereocenters. The normalized spacial score (nSPS) is 23.7. The summed E-state index contributed by atoms with van der Waals surface area (Å²) in [4.78, 5) is 34.1. The highest BCUT2D eigenvalue weighted by atomic mass is 32.1. The molecule has 1 aliphatic carbocycles. The summed E-state index contributed by atoms with van der Waals surface area (Å²) in [6, 6.07) is 0.382. The summed E-state index contributed by atoms with van der Waals surface area (Å²) in [5, 5.41) is 0.673. The molecular formula is C19H25N3O2S. The van der Waals surface area contributed by atoms with Gasteiger partial charge < -0.3 is 4.90 Å². The van der Waals surface area contributed by atoms with Crippen LogP contribution in [0.3, 0.4) is 0 Å². The number of hydrogen-bond donors (Lipinski definition) is 0. The van der Waals surface area contributed by atoms with Gasteiger partial charge in [0, 0.05) is 17.5 Å². The van der Waals surface area contributed by atoms with Gasteiger partial charge in [0.05, 0.1) is 11.7 Å². The van der Waals surface area contributed by atoms with Crippen LogP contribution in [-0.4, -0.2) is 32.9 Å². The molecule has 3 heterocycles. The van der Waals surface area contributed by atoms with Gasteiger partial charge in [-0.3, -0.25) is 14.2 Å². The van der Waals surface area contributed by atoms with Gasteiger partial charge in [0.15, 0.2) is 0 Å². The van der Waals surface area contributed by atoms with E-state index < -0.39 is 0 Å². The fourth-order valence-corrected chi connectivity index (χ4v) is 5.54. The lowest BCUT2D eigenvalue weighted by atomic mass is 9.78. The Morgan fingerprint density at radius 1 is 1.24 bits per heavy atom. The number of nitrogens with zero attached hydrogens (tertiary/aromatic N) is 3. The number of aryl methyl sites for hydroxylation is 2. The second-order valence-corrected chi connectivity index (χ2v) is 8.69. The minimum atomic E-state index is -0.0857. The summed E-state index contributed by atoms with van der Waals surface area (Å²) in [5.41, 5.74) is 0.905. The van der Waals surface area contributed by atoms with Crippen molar-refractivity contribution in [2.75, 3.05) is 6.54 Å². The zero-order chi connectivity index (χ0) is 17.6. The molecule has 1 saturated carbocycles. The molecule has 0 aromatic carbocycles. The molecule has 0 bridgehead atoms. The fraction of sp³-hybridized carbons (Fsp3) is 0.632. The molecule has 0 radical (unpaired) electrons. The first kappa shape index (κ1) is 16.8. The number of hydrogen-bond acceptors (Lipinski definition) is 4. The van der Waals surface area contributed by atoms with Crippen LogP contribution in [0.25, 0.3) is 10.2 Å². The predicted octanol–water partition coefficient (Wildman–Crippen LogP) is 3.26. The molecule has 6 heteroatoms. The van der Waals surface area contributed by atoms with E-state index >= 15 is 0 Å². The molecule has 25 heavy (non-hydrogen) atoms. The Labute approximate surface area is 151 Å². The number of aromatic nitrogens is 2. The topological polar surface area (TPSA) is 55.2 Å². The van der Waals surface area contributed by atoms with Crippen LogP contribution in [0.15, 0.2) is 11.1 Å². The molecule has 5 nitrogen and oxygen atoms in total. The first-order valence-electron chi connectivity index (χ1n) is 9.31. The van der Waals surface area contributed by atoms with Crippen molar-refractivity contribution >= 4 is 27.5 Å². The number of piperidine rings is 1. The molecular weight excluding hydrogens is 334 g/mol. The van der Waals surface area contributed by atoms with Crippen molar-refractivity contribution in [2.24, 2.45) is 5.92 Å². The average molecular weight is 359 g/mol. The van der Waals surface area contributed by atoms with Gasteiger partial charge in [-0.2, -0.15) is 0 Å². The number of carbonyl (C=O) groups is 1. The van der Waals surface area contributed by atoms with Crippen molar-refractivity contribution in [1.82, 2.24) is 14.5 Å². The van der Waals surface area contributed by atoms with Crippen molar-refractivity contribution in [3.63, 3.8) is 0 Å². The second kappa shape index (κ2) is 6.56. The van der Waals surface area contributed by atoms with E-state index in [2.05, 4.69) is 9.88 Å². The van der Waals surface area contributed by atoms with Crippen molar-refractivity contribution in [2.45, 2.75) is 65.0 Å². The Morgan fingerprint density at radius 2 is 2.00 bits per heavy atom. The smallest absolute Gasteiger partial charge is 0.262 e. The molecule has 4 rings (SSSR count). The molecule has 2 fully saturated rings. The maximum atomic E-state index is 12.9. The van der Waals surface area contributed by atoms with Gasteiger partial charge >= 0.3 is 0 Å². The summed E-state index contributed by atoms with van der Waals surface area (Å²) in [6.45, 7) is 4.91. The zero-order valence-corrected chi connectivity index (χ0v) is 15.8. The number of carbonyl (C=O) groups excluding carboxylic acids is 1. The minimum absolute atomic E-state index is 0.0736. The Morgan fingerprint density at radius 3 is 2.84 bits per heavy atom. The summed E-state index contributed by atoms with van der Waals surface area (Å²) in [5.74, 6) is 0.731.